The molecule has 2 amide bonds. The van der Waals surface area contributed by atoms with Gasteiger partial charge in [0.05, 0.1) is 6.61 Å². The molecule has 1 saturated heterocycles. The average molecular weight is 415 g/mol. The predicted molar refractivity (Wildman–Crippen MR) is 113 cm³/mol. The first-order valence-corrected chi connectivity index (χ1v) is 10.3. The maximum absolute atomic E-state index is 12.8. The molecule has 2 aromatic heterocycles. The van der Waals surface area contributed by atoms with E-state index in [1.807, 2.05) is 19.9 Å². The fourth-order valence-electron chi connectivity index (χ4n) is 3.75. The summed E-state index contributed by atoms with van der Waals surface area (Å²) in [5, 5.41) is 0.610. The van der Waals surface area contributed by atoms with Crippen molar-refractivity contribution < 1.29 is 14.3 Å². The van der Waals surface area contributed by atoms with Crippen molar-refractivity contribution >= 4 is 22.8 Å². The number of nitrogens with two attached hydrogens (primary N) is 1. The highest BCUT2D eigenvalue weighted by Crippen LogP contribution is 2.16. The van der Waals surface area contributed by atoms with E-state index in [1.54, 1.807) is 11.1 Å². The van der Waals surface area contributed by atoms with Crippen LogP contribution < -0.4 is 11.3 Å². The highest BCUT2D eigenvalue weighted by Gasteiger charge is 2.19. The van der Waals surface area contributed by atoms with E-state index in [1.165, 1.54) is 10.6 Å². The van der Waals surface area contributed by atoms with Gasteiger partial charge in [-0.15, -0.1) is 0 Å². The first kappa shape index (κ1) is 21.9. The molecule has 3 heterocycles. The average Bonchev–Trinajstić information content (AvgIpc) is 2.99. The summed E-state index contributed by atoms with van der Waals surface area (Å²) in [6.07, 6.45) is 2.69. The van der Waals surface area contributed by atoms with E-state index in [9.17, 15) is 14.4 Å². The first-order chi connectivity index (χ1) is 14.4. The van der Waals surface area contributed by atoms with Crippen LogP contribution in [0.1, 0.15) is 36.2 Å². The van der Waals surface area contributed by atoms with Crippen LogP contribution in [0.4, 0.5) is 0 Å². The molecule has 9 nitrogen and oxygen atoms in total. The van der Waals surface area contributed by atoms with Crippen LogP contribution in [0, 0.1) is 0 Å². The molecule has 0 bridgehead atoms. The van der Waals surface area contributed by atoms with Gasteiger partial charge in [0.2, 0.25) is 5.91 Å². The highest BCUT2D eigenvalue weighted by atomic mass is 16.5. The molecule has 0 spiro atoms. The number of likely N-dealkylation sites (N-methyl/N-ethyl adjacent to an activating group) is 1. The molecule has 30 heavy (non-hydrogen) atoms. The van der Waals surface area contributed by atoms with Crippen molar-refractivity contribution in [1.82, 2.24) is 19.4 Å². The van der Waals surface area contributed by atoms with Crippen molar-refractivity contribution in [2.24, 2.45) is 5.73 Å². The van der Waals surface area contributed by atoms with Crippen LogP contribution in [-0.2, 0) is 22.6 Å². The Morgan fingerprint density at radius 2 is 1.97 bits per heavy atom. The number of fused-ring (bicyclic) bond motifs is 1. The van der Waals surface area contributed by atoms with Crippen molar-refractivity contribution in [2.75, 3.05) is 39.4 Å². The zero-order chi connectivity index (χ0) is 21.7. The van der Waals surface area contributed by atoms with Crippen molar-refractivity contribution in [3.05, 3.63) is 39.8 Å². The third kappa shape index (κ3) is 4.85. The van der Waals surface area contributed by atoms with E-state index in [0.717, 1.165) is 31.7 Å². The Morgan fingerprint density at radius 1 is 1.20 bits per heavy atom. The third-order valence-corrected chi connectivity index (χ3v) is 5.38. The van der Waals surface area contributed by atoms with Gasteiger partial charge in [0.1, 0.15) is 17.8 Å². The highest BCUT2D eigenvalue weighted by molar-refractivity contribution is 5.96. The topological polar surface area (TPSA) is 111 Å². The summed E-state index contributed by atoms with van der Waals surface area (Å²) in [6.45, 7) is 8.56. The van der Waals surface area contributed by atoms with E-state index < -0.39 is 11.5 Å². The number of hydrogen-bond acceptors (Lipinski definition) is 6. The maximum Gasteiger partial charge on any atom is 0.265 e. The van der Waals surface area contributed by atoms with Gasteiger partial charge in [0.25, 0.3) is 11.5 Å². The molecule has 0 saturated carbocycles. The molecule has 0 unspecified atom stereocenters. The van der Waals surface area contributed by atoms with Crippen LogP contribution >= 0.6 is 0 Å². The number of ether oxygens (including phenoxy) is 1. The van der Waals surface area contributed by atoms with Crippen molar-refractivity contribution in [2.45, 2.75) is 33.4 Å². The van der Waals surface area contributed by atoms with E-state index in [2.05, 4.69) is 9.88 Å². The van der Waals surface area contributed by atoms with Gasteiger partial charge in [-0.1, -0.05) is 0 Å². The normalized spacial score (nSPS) is 15.1. The Morgan fingerprint density at radius 3 is 2.67 bits per heavy atom. The van der Waals surface area contributed by atoms with Crippen molar-refractivity contribution in [3.63, 3.8) is 0 Å². The van der Waals surface area contributed by atoms with Gasteiger partial charge < -0.3 is 15.4 Å². The fourth-order valence-corrected chi connectivity index (χ4v) is 3.75. The smallest absolute Gasteiger partial charge is 0.265 e. The van der Waals surface area contributed by atoms with Gasteiger partial charge >= 0.3 is 0 Å². The molecule has 162 valence electrons. The molecule has 1 fully saturated rings. The number of carbonyl (C=O) groups is 2. The monoisotopic (exact) mass is 415 g/mol. The van der Waals surface area contributed by atoms with Crippen LogP contribution in [0.2, 0.25) is 0 Å². The zero-order valence-corrected chi connectivity index (χ0v) is 17.6. The van der Waals surface area contributed by atoms with Gasteiger partial charge in [0, 0.05) is 50.9 Å². The lowest BCUT2D eigenvalue weighted by molar-refractivity contribution is -0.131. The van der Waals surface area contributed by atoms with Crippen molar-refractivity contribution in [3.8, 4) is 0 Å². The summed E-state index contributed by atoms with van der Waals surface area (Å²) < 4.78 is 6.75. The molecule has 0 aromatic carbocycles. The van der Waals surface area contributed by atoms with Gasteiger partial charge in [-0.3, -0.25) is 23.9 Å². The molecule has 0 radical (unpaired) electrons. The second-order valence-corrected chi connectivity index (χ2v) is 7.38. The molecule has 0 aliphatic carbocycles. The van der Waals surface area contributed by atoms with Crippen LogP contribution in [0.3, 0.4) is 0 Å². The molecule has 2 aromatic rings. The summed E-state index contributed by atoms with van der Waals surface area (Å²) >= 11 is 0. The number of aromatic nitrogens is 2. The number of primary amides is 1. The van der Waals surface area contributed by atoms with Gasteiger partial charge in [0.15, 0.2) is 0 Å². The Labute approximate surface area is 175 Å². The summed E-state index contributed by atoms with van der Waals surface area (Å²) in [7, 11) is 0. The second kappa shape index (κ2) is 9.82. The molecule has 1 aliphatic rings. The fraction of sp³-hybridized carbons (Fsp3) is 0.524. The quantitative estimate of drug-likeness (QED) is 0.708. The van der Waals surface area contributed by atoms with Crippen molar-refractivity contribution in [1.29, 1.82) is 0 Å². The molecular formula is C21H29N5O4. The van der Waals surface area contributed by atoms with Crippen LogP contribution in [-0.4, -0.2) is 70.6 Å². The van der Waals surface area contributed by atoms with E-state index in [0.29, 0.717) is 37.3 Å². The Kier molecular flexibility index (Phi) is 7.17. The van der Waals surface area contributed by atoms with Crippen LogP contribution in [0.25, 0.3) is 11.0 Å². The lowest BCUT2D eigenvalue weighted by Gasteiger charge is -2.21. The summed E-state index contributed by atoms with van der Waals surface area (Å²) in [6, 6.07) is 3.37. The standard InChI is InChI=1S/C21H29N5O4/c1-3-25(4-2)18(27)14-26-20-16(11-17(19(22)28)21(26)29)10-15(12-23-20)13-24-6-5-8-30-9-7-24/h10-12H,3-9,13-14H2,1-2H3,(H2,22,28). The molecule has 3 rings (SSSR count). The van der Waals surface area contributed by atoms with Crippen LogP contribution in [0.15, 0.2) is 23.1 Å². The maximum atomic E-state index is 12.8. The van der Waals surface area contributed by atoms with Gasteiger partial charge in [-0.25, -0.2) is 4.98 Å². The number of rotatable bonds is 7. The minimum Gasteiger partial charge on any atom is -0.380 e. The first-order valence-electron chi connectivity index (χ1n) is 10.3. The van der Waals surface area contributed by atoms with Gasteiger partial charge in [-0.2, -0.15) is 0 Å². The number of amides is 2. The minimum absolute atomic E-state index is 0.142. The summed E-state index contributed by atoms with van der Waals surface area (Å²) in [4.78, 5) is 45.7. The van der Waals surface area contributed by atoms with Gasteiger partial charge in [-0.05, 0) is 38.0 Å². The summed E-state index contributed by atoms with van der Waals surface area (Å²) in [5.74, 6) is -1.03. The number of pyridine rings is 2. The number of nitrogens with zero attached hydrogens (tertiary/aromatic N) is 4. The number of hydrogen-bond donors (Lipinski definition) is 1. The molecule has 2 N–H and O–H groups in total. The number of carbonyl (C=O) groups excluding carboxylic acids is 2. The lowest BCUT2D eigenvalue weighted by atomic mass is 10.1. The Hall–Kier alpha value is -2.78. The lowest BCUT2D eigenvalue weighted by Crippen LogP contribution is -2.38. The third-order valence-electron chi connectivity index (χ3n) is 5.38. The van der Waals surface area contributed by atoms with E-state index >= 15 is 0 Å². The van der Waals surface area contributed by atoms with E-state index in [4.69, 9.17) is 10.5 Å². The molecule has 1 aliphatic heterocycles. The largest absolute Gasteiger partial charge is 0.380 e. The molecular weight excluding hydrogens is 386 g/mol. The molecule has 9 heteroatoms. The minimum atomic E-state index is -0.819. The zero-order valence-electron chi connectivity index (χ0n) is 17.6. The molecule has 0 atom stereocenters. The van der Waals surface area contributed by atoms with Crippen LogP contribution in [0.5, 0.6) is 0 Å². The second-order valence-electron chi connectivity index (χ2n) is 7.38. The summed E-state index contributed by atoms with van der Waals surface area (Å²) in [5.41, 5.74) is 6.02. The SMILES string of the molecule is CCN(CC)C(=O)Cn1c(=O)c(C(N)=O)cc2cc(CN3CCCOCC3)cnc21. The Balaban J connectivity index is 2.00. The Bertz CT molecular complexity index is 975. The van der Waals surface area contributed by atoms with E-state index in [-0.39, 0.29) is 18.0 Å². The predicted octanol–water partition coefficient (Wildman–Crippen LogP) is 0.586.